The van der Waals surface area contributed by atoms with Crippen LogP contribution in [0.15, 0.2) is 33.9 Å². The molecule has 1 fully saturated rings. The Kier molecular flexibility index (Phi) is 10.1. The van der Waals surface area contributed by atoms with Gasteiger partial charge in [0.1, 0.15) is 5.69 Å². The van der Waals surface area contributed by atoms with Crippen molar-refractivity contribution in [2.24, 2.45) is 10.4 Å². The van der Waals surface area contributed by atoms with Crippen molar-refractivity contribution in [3.8, 4) is 11.6 Å². The van der Waals surface area contributed by atoms with E-state index in [1.54, 1.807) is 6.20 Å². The minimum Gasteiger partial charge on any atom is -0.378 e. The lowest BCUT2D eigenvalue weighted by molar-refractivity contribution is -0.113. The molecule has 2 N–H and O–H groups in total. The van der Waals surface area contributed by atoms with Gasteiger partial charge in [0.15, 0.2) is 11.8 Å². The van der Waals surface area contributed by atoms with Gasteiger partial charge in [0.2, 0.25) is 0 Å². The number of rotatable bonds is 10. The average molecular weight is 542 g/mol. The normalized spacial score (nSPS) is 19.9. The zero-order chi connectivity index (χ0) is 21.4. The van der Waals surface area contributed by atoms with Gasteiger partial charge in [-0.25, -0.2) is 0 Å². The van der Waals surface area contributed by atoms with E-state index in [-0.39, 0.29) is 29.4 Å². The van der Waals surface area contributed by atoms with Crippen LogP contribution in [-0.2, 0) is 11.2 Å². The van der Waals surface area contributed by atoms with Crippen molar-refractivity contribution in [2.75, 3.05) is 19.7 Å². The van der Waals surface area contributed by atoms with Crippen molar-refractivity contribution < 1.29 is 9.26 Å². The molecule has 9 heteroatoms. The lowest BCUT2D eigenvalue weighted by atomic mass is 9.64. The molecule has 31 heavy (non-hydrogen) atoms. The quantitative estimate of drug-likeness (QED) is 0.204. The summed E-state index contributed by atoms with van der Waals surface area (Å²) in [6.07, 6.45) is 5.89. The molecule has 8 nitrogen and oxygen atoms in total. The molecule has 0 spiro atoms. The largest absolute Gasteiger partial charge is 0.378 e. The second kappa shape index (κ2) is 12.3. The molecule has 2 aromatic rings. The number of pyridine rings is 1. The monoisotopic (exact) mass is 542 g/mol. The fourth-order valence-corrected chi connectivity index (χ4v) is 3.48. The Morgan fingerprint density at radius 1 is 1.32 bits per heavy atom. The van der Waals surface area contributed by atoms with Crippen molar-refractivity contribution in [2.45, 2.75) is 65.5 Å². The maximum atomic E-state index is 6.05. The topological polar surface area (TPSA) is 97.5 Å². The van der Waals surface area contributed by atoms with Gasteiger partial charge in [-0.05, 0) is 31.9 Å². The van der Waals surface area contributed by atoms with E-state index in [4.69, 9.17) is 14.3 Å². The highest BCUT2D eigenvalue weighted by molar-refractivity contribution is 14.0. The van der Waals surface area contributed by atoms with Crippen LogP contribution in [0, 0.1) is 5.41 Å². The fourth-order valence-electron chi connectivity index (χ4n) is 3.48. The van der Waals surface area contributed by atoms with Gasteiger partial charge in [0.05, 0.1) is 6.10 Å². The number of aromatic nitrogens is 3. The minimum atomic E-state index is 0. The highest BCUT2D eigenvalue weighted by Crippen LogP contribution is 2.42. The molecule has 1 aliphatic carbocycles. The predicted molar refractivity (Wildman–Crippen MR) is 133 cm³/mol. The average Bonchev–Trinajstić information content (AvgIpc) is 3.22. The zero-order valence-electron chi connectivity index (χ0n) is 18.9. The van der Waals surface area contributed by atoms with Gasteiger partial charge in [-0.1, -0.05) is 38.4 Å². The van der Waals surface area contributed by atoms with Gasteiger partial charge in [0, 0.05) is 43.8 Å². The smallest absolute Gasteiger partial charge is 0.276 e. The molecule has 0 aromatic carbocycles. The summed E-state index contributed by atoms with van der Waals surface area (Å²) >= 11 is 0. The molecule has 2 heterocycles. The number of guanidine groups is 1. The van der Waals surface area contributed by atoms with E-state index < -0.39 is 0 Å². The number of nitrogens with zero attached hydrogens (tertiary/aromatic N) is 4. The summed E-state index contributed by atoms with van der Waals surface area (Å²) in [5, 5.41) is 10.9. The Balaban J connectivity index is 0.00000341. The van der Waals surface area contributed by atoms with E-state index in [1.807, 2.05) is 18.2 Å². The van der Waals surface area contributed by atoms with Crippen LogP contribution in [0.2, 0.25) is 0 Å². The summed E-state index contributed by atoms with van der Waals surface area (Å²) in [6.45, 7) is 11.0. The van der Waals surface area contributed by atoms with Crippen molar-refractivity contribution in [1.82, 2.24) is 25.8 Å². The fraction of sp³-hybridized carbons (Fsp3) is 0.636. The number of unbranched alkanes of at least 4 members (excludes halogenated alkanes) is 1. The summed E-state index contributed by atoms with van der Waals surface area (Å²) in [7, 11) is 0. The molecular formula is C22H35IN6O2. The highest BCUT2D eigenvalue weighted by atomic mass is 127. The van der Waals surface area contributed by atoms with Gasteiger partial charge in [0.25, 0.3) is 5.89 Å². The van der Waals surface area contributed by atoms with Crippen molar-refractivity contribution >= 4 is 29.9 Å². The van der Waals surface area contributed by atoms with E-state index in [0.29, 0.717) is 42.5 Å². The first-order valence-electron chi connectivity index (χ1n) is 10.9. The van der Waals surface area contributed by atoms with Crippen LogP contribution in [0.3, 0.4) is 0 Å². The predicted octanol–water partition coefficient (Wildman–Crippen LogP) is 3.83. The molecule has 172 valence electrons. The molecule has 1 saturated carbocycles. The molecule has 0 bridgehead atoms. The lowest BCUT2D eigenvalue weighted by Gasteiger charge is -2.52. The van der Waals surface area contributed by atoms with Gasteiger partial charge >= 0.3 is 0 Å². The molecule has 0 aliphatic heterocycles. The molecular weight excluding hydrogens is 507 g/mol. The Hall–Kier alpha value is -1.75. The van der Waals surface area contributed by atoms with E-state index in [0.717, 1.165) is 38.4 Å². The maximum Gasteiger partial charge on any atom is 0.276 e. The van der Waals surface area contributed by atoms with Crippen LogP contribution >= 0.6 is 24.0 Å². The van der Waals surface area contributed by atoms with E-state index in [9.17, 15) is 0 Å². The number of ether oxygens (including phenoxy) is 1. The third-order valence-electron chi connectivity index (χ3n) is 5.61. The standard InChI is InChI=1S/C22H34N6O2.HI/c1-5-7-14-29-18-15-17(22(18,3)4)26-21(23-6-2)25-13-11-19-27-20(30-28-19)16-10-8-9-12-24-16;/h8-10,12,17-18H,5-7,11,13-15H2,1-4H3,(H2,23,25,26);1H. The Labute approximate surface area is 202 Å². The first-order valence-corrected chi connectivity index (χ1v) is 10.9. The molecule has 2 aromatic heterocycles. The Morgan fingerprint density at radius 2 is 2.16 bits per heavy atom. The first-order chi connectivity index (χ1) is 14.5. The van der Waals surface area contributed by atoms with Gasteiger partial charge < -0.3 is 19.9 Å². The third kappa shape index (κ3) is 6.86. The number of hydrogen-bond donors (Lipinski definition) is 2. The number of nitrogens with one attached hydrogen (secondary N) is 2. The molecule has 0 radical (unpaired) electrons. The third-order valence-corrected chi connectivity index (χ3v) is 5.61. The Bertz CT molecular complexity index is 811. The zero-order valence-corrected chi connectivity index (χ0v) is 21.3. The van der Waals surface area contributed by atoms with Crippen molar-refractivity contribution in [3.05, 3.63) is 30.2 Å². The van der Waals surface area contributed by atoms with Gasteiger partial charge in [-0.3, -0.25) is 9.98 Å². The summed E-state index contributed by atoms with van der Waals surface area (Å²) < 4.78 is 11.4. The second-order valence-corrected chi connectivity index (χ2v) is 8.21. The van der Waals surface area contributed by atoms with Crippen LogP contribution in [-0.4, -0.2) is 52.9 Å². The molecule has 0 amide bonds. The van der Waals surface area contributed by atoms with Crippen molar-refractivity contribution in [3.63, 3.8) is 0 Å². The first kappa shape index (κ1) is 25.5. The van der Waals surface area contributed by atoms with Crippen LogP contribution in [0.25, 0.3) is 11.6 Å². The van der Waals surface area contributed by atoms with Crippen LogP contribution < -0.4 is 10.6 Å². The molecule has 3 rings (SSSR count). The minimum absolute atomic E-state index is 0. The second-order valence-electron chi connectivity index (χ2n) is 8.21. The maximum absolute atomic E-state index is 6.05. The van der Waals surface area contributed by atoms with Gasteiger partial charge in [-0.15, -0.1) is 24.0 Å². The summed E-state index contributed by atoms with van der Waals surface area (Å²) in [5.41, 5.74) is 0.757. The number of hydrogen-bond acceptors (Lipinski definition) is 6. The molecule has 2 unspecified atom stereocenters. The molecule has 2 atom stereocenters. The summed E-state index contributed by atoms with van der Waals surface area (Å²) in [6, 6.07) is 5.94. The lowest BCUT2D eigenvalue weighted by Crippen LogP contribution is -2.63. The van der Waals surface area contributed by atoms with Crippen LogP contribution in [0.5, 0.6) is 0 Å². The molecule has 0 saturated heterocycles. The summed E-state index contributed by atoms with van der Waals surface area (Å²) in [4.78, 5) is 13.3. The number of halogens is 1. The molecule has 1 aliphatic rings. The highest BCUT2D eigenvalue weighted by Gasteiger charge is 2.49. The van der Waals surface area contributed by atoms with Gasteiger partial charge in [-0.2, -0.15) is 4.98 Å². The van der Waals surface area contributed by atoms with E-state index >= 15 is 0 Å². The summed E-state index contributed by atoms with van der Waals surface area (Å²) in [5.74, 6) is 1.88. The van der Waals surface area contributed by atoms with Crippen molar-refractivity contribution in [1.29, 1.82) is 0 Å². The van der Waals surface area contributed by atoms with E-state index in [1.165, 1.54) is 0 Å². The SMILES string of the molecule is CCCCOC1CC(NC(=NCCc2noc(-c3ccccn3)n2)NCC)C1(C)C.I. The van der Waals surface area contributed by atoms with Crippen LogP contribution in [0.1, 0.15) is 52.8 Å². The Morgan fingerprint density at radius 3 is 2.84 bits per heavy atom. The number of aliphatic imine (C=N–C) groups is 1. The van der Waals surface area contributed by atoms with E-state index in [2.05, 4.69) is 53.5 Å². The van der Waals surface area contributed by atoms with Crippen LogP contribution in [0.4, 0.5) is 0 Å².